The molecule has 2 N–H and O–H groups in total. The molecule has 0 saturated heterocycles. The van der Waals surface area contributed by atoms with Gasteiger partial charge >= 0.3 is 0 Å². The van der Waals surface area contributed by atoms with Gasteiger partial charge in [0.1, 0.15) is 5.82 Å². The van der Waals surface area contributed by atoms with Gasteiger partial charge in [0.2, 0.25) is 0 Å². The minimum Gasteiger partial charge on any atom is -0.322 e. The van der Waals surface area contributed by atoms with Crippen LogP contribution in [0.25, 0.3) is 0 Å². The molecule has 0 aromatic heterocycles. The van der Waals surface area contributed by atoms with E-state index in [9.17, 15) is 14.0 Å². The van der Waals surface area contributed by atoms with Gasteiger partial charge in [0, 0.05) is 16.9 Å². The molecular weight excluding hydrogens is 331 g/mol. The average Bonchev–Trinajstić information content (AvgIpc) is 2.64. The predicted octanol–water partition coefficient (Wildman–Crippen LogP) is 4.64. The largest absolute Gasteiger partial charge is 0.322 e. The molecule has 0 heterocycles. The zero-order valence-corrected chi connectivity index (χ0v) is 14.1. The molecule has 0 radical (unpaired) electrons. The molecule has 2 amide bonds. The maximum atomic E-state index is 13.6. The zero-order chi connectivity index (χ0) is 18.5. The van der Waals surface area contributed by atoms with Crippen LogP contribution in [0.4, 0.5) is 15.8 Å². The summed E-state index contributed by atoms with van der Waals surface area (Å²) in [6.07, 6.45) is 0. The predicted molar refractivity (Wildman–Crippen MR) is 99.9 cm³/mol. The van der Waals surface area contributed by atoms with Crippen LogP contribution in [0, 0.1) is 12.7 Å². The first-order valence-corrected chi connectivity index (χ1v) is 8.07. The van der Waals surface area contributed by atoms with Crippen molar-refractivity contribution in [3.05, 3.63) is 95.3 Å². The molecule has 0 bridgehead atoms. The number of benzene rings is 3. The summed E-state index contributed by atoms with van der Waals surface area (Å²) >= 11 is 0. The molecule has 26 heavy (non-hydrogen) atoms. The van der Waals surface area contributed by atoms with E-state index in [2.05, 4.69) is 10.6 Å². The summed E-state index contributed by atoms with van der Waals surface area (Å²) in [5, 5.41) is 5.44. The van der Waals surface area contributed by atoms with Crippen molar-refractivity contribution in [2.75, 3.05) is 10.6 Å². The van der Waals surface area contributed by atoms with Crippen LogP contribution in [0.2, 0.25) is 0 Å². The Bertz CT molecular complexity index is 874. The van der Waals surface area contributed by atoms with Gasteiger partial charge in [-0.05, 0) is 55.0 Å². The molecule has 0 atom stereocenters. The van der Waals surface area contributed by atoms with Gasteiger partial charge in [0.05, 0.1) is 5.56 Å². The molecule has 0 saturated carbocycles. The number of nitrogens with one attached hydrogen (secondary N) is 2. The lowest BCUT2D eigenvalue weighted by atomic mass is 10.1. The molecule has 3 aromatic carbocycles. The van der Waals surface area contributed by atoms with E-state index in [4.69, 9.17) is 0 Å². The second-order valence-electron chi connectivity index (χ2n) is 5.78. The lowest BCUT2D eigenvalue weighted by Crippen LogP contribution is -2.14. The van der Waals surface area contributed by atoms with Gasteiger partial charge in [0.25, 0.3) is 11.8 Å². The maximum absolute atomic E-state index is 13.6. The van der Waals surface area contributed by atoms with Crippen molar-refractivity contribution in [1.29, 1.82) is 0 Å². The van der Waals surface area contributed by atoms with Crippen LogP contribution in [0.1, 0.15) is 26.3 Å². The number of anilines is 2. The van der Waals surface area contributed by atoms with Crippen molar-refractivity contribution in [3.63, 3.8) is 0 Å². The Kier molecular flexibility index (Phi) is 5.08. The minimum absolute atomic E-state index is 0.0237. The highest BCUT2D eigenvalue weighted by Crippen LogP contribution is 2.17. The Labute approximate surface area is 150 Å². The third kappa shape index (κ3) is 3.95. The van der Waals surface area contributed by atoms with E-state index < -0.39 is 11.7 Å². The molecule has 0 aliphatic rings. The molecule has 5 heteroatoms. The third-order valence-corrected chi connectivity index (χ3v) is 3.91. The van der Waals surface area contributed by atoms with Gasteiger partial charge in [-0.2, -0.15) is 0 Å². The molecule has 0 aliphatic heterocycles. The van der Waals surface area contributed by atoms with Crippen molar-refractivity contribution in [2.24, 2.45) is 0 Å². The molecule has 3 aromatic rings. The number of hydrogen-bond acceptors (Lipinski definition) is 2. The maximum Gasteiger partial charge on any atom is 0.258 e. The van der Waals surface area contributed by atoms with Crippen LogP contribution in [0.15, 0.2) is 72.8 Å². The molecule has 0 spiro atoms. The fourth-order valence-electron chi connectivity index (χ4n) is 2.51. The Morgan fingerprint density at radius 1 is 0.692 bits per heavy atom. The number of amides is 2. The van der Waals surface area contributed by atoms with E-state index in [1.54, 1.807) is 36.4 Å². The Morgan fingerprint density at radius 2 is 1.15 bits per heavy atom. The smallest absolute Gasteiger partial charge is 0.258 e. The summed E-state index contributed by atoms with van der Waals surface area (Å²) in [5.74, 6) is -1.31. The Balaban J connectivity index is 1.67. The second kappa shape index (κ2) is 7.61. The van der Waals surface area contributed by atoms with Crippen LogP contribution < -0.4 is 10.6 Å². The molecule has 3 rings (SSSR count). The lowest BCUT2D eigenvalue weighted by molar-refractivity contribution is 0.101. The van der Waals surface area contributed by atoms with E-state index in [0.717, 1.165) is 5.56 Å². The van der Waals surface area contributed by atoms with Gasteiger partial charge < -0.3 is 10.6 Å². The van der Waals surface area contributed by atoms with E-state index >= 15 is 0 Å². The van der Waals surface area contributed by atoms with Gasteiger partial charge in [0.15, 0.2) is 0 Å². The number of rotatable bonds is 4. The van der Waals surface area contributed by atoms with Crippen molar-refractivity contribution in [3.8, 4) is 0 Å². The summed E-state index contributed by atoms with van der Waals surface area (Å²) in [7, 11) is 0. The fourth-order valence-corrected chi connectivity index (χ4v) is 2.51. The summed E-state index contributed by atoms with van der Waals surface area (Å²) < 4.78 is 13.6. The lowest BCUT2D eigenvalue weighted by Gasteiger charge is -2.09. The van der Waals surface area contributed by atoms with E-state index in [1.807, 2.05) is 25.1 Å². The average molecular weight is 348 g/mol. The highest BCUT2D eigenvalue weighted by atomic mass is 19.1. The first-order chi connectivity index (χ1) is 12.5. The number of carbonyl (C=O) groups is 2. The first kappa shape index (κ1) is 17.4. The summed E-state index contributed by atoms with van der Waals surface area (Å²) in [5.41, 5.74) is 2.57. The topological polar surface area (TPSA) is 58.2 Å². The summed E-state index contributed by atoms with van der Waals surface area (Å²) in [6.45, 7) is 1.87. The van der Waals surface area contributed by atoms with Gasteiger partial charge in [-0.3, -0.25) is 9.59 Å². The fraction of sp³-hybridized carbons (Fsp3) is 0.0476. The molecular formula is C21H17FN2O2. The van der Waals surface area contributed by atoms with E-state index in [0.29, 0.717) is 16.9 Å². The van der Waals surface area contributed by atoms with Crippen LogP contribution in [0.3, 0.4) is 0 Å². The SMILES string of the molecule is Cc1ccccc1C(=O)Nc1ccc(NC(=O)c2ccccc2F)cc1. The van der Waals surface area contributed by atoms with Gasteiger partial charge in [-0.15, -0.1) is 0 Å². The zero-order valence-electron chi connectivity index (χ0n) is 14.1. The molecule has 0 unspecified atom stereocenters. The van der Waals surface area contributed by atoms with Crippen molar-refractivity contribution < 1.29 is 14.0 Å². The van der Waals surface area contributed by atoms with Crippen LogP contribution in [0.5, 0.6) is 0 Å². The van der Waals surface area contributed by atoms with Gasteiger partial charge in [-0.1, -0.05) is 30.3 Å². The number of halogens is 1. The standard InChI is InChI=1S/C21H17FN2O2/c1-14-6-2-3-7-17(14)20(25)23-15-10-12-16(13-11-15)24-21(26)18-8-4-5-9-19(18)22/h2-13H,1H3,(H,23,25)(H,24,26). The second-order valence-corrected chi connectivity index (χ2v) is 5.78. The summed E-state index contributed by atoms with van der Waals surface area (Å²) in [4.78, 5) is 24.4. The number of aryl methyl sites for hydroxylation is 1. The highest BCUT2D eigenvalue weighted by Gasteiger charge is 2.11. The van der Waals surface area contributed by atoms with Crippen LogP contribution in [-0.2, 0) is 0 Å². The quantitative estimate of drug-likeness (QED) is 0.722. The number of hydrogen-bond donors (Lipinski definition) is 2. The van der Waals surface area contributed by atoms with Gasteiger partial charge in [-0.25, -0.2) is 4.39 Å². The van der Waals surface area contributed by atoms with E-state index in [1.165, 1.54) is 18.2 Å². The minimum atomic E-state index is -0.577. The number of carbonyl (C=O) groups excluding carboxylic acids is 2. The van der Waals surface area contributed by atoms with Crippen molar-refractivity contribution in [2.45, 2.75) is 6.92 Å². The third-order valence-electron chi connectivity index (χ3n) is 3.91. The molecule has 0 aliphatic carbocycles. The van der Waals surface area contributed by atoms with Crippen molar-refractivity contribution in [1.82, 2.24) is 0 Å². The highest BCUT2D eigenvalue weighted by molar-refractivity contribution is 6.06. The summed E-state index contributed by atoms with van der Waals surface area (Å²) in [6, 6.07) is 19.7. The first-order valence-electron chi connectivity index (χ1n) is 8.07. The van der Waals surface area contributed by atoms with Crippen LogP contribution >= 0.6 is 0 Å². The normalized spacial score (nSPS) is 10.2. The molecule has 130 valence electrons. The van der Waals surface area contributed by atoms with E-state index in [-0.39, 0.29) is 11.5 Å². The molecule has 0 fully saturated rings. The Hall–Kier alpha value is -3.47. The molecule has 4 nitrogen and oxygen atoms in total. The Morgan fingerprint density at radius 3 is 1.69 bits per heavy atom. The van der Waals surface area contributed by atoms with Crippen molar-refractivity contribution >= 4 is 23.2 Å². The monoisotopic (exact) mass is 348 g/mol. The van der Waals surface area contributed by atoms with Crippen LogP contribution in [-0.4, -0.2) is 11.8 Å².